The minimum atomic E-state index is 0.546. The third kappa shape index (κ3) is 2.28. The molecule has 0 spiro atoms. The fraction of sp³-hybridized carbons (Fsp3) is 0.231. The summed E-state index contributed by atoms with van der Waals surface area (Å²) >= 11 is 9.35. The molecule has 2 aromatic heterocycles. The van der Waals surface area contributed by atoms with Crippen LogP contribution in [0.3, 0.4) is 0 Å². The number of imidazole rings is 1. The van der Waals surface area contributed by atoms with Gasteiger partial charge in [0.25, 0.3) is 0 Å². The van der Waals surface area contributed by atoms with E-state index in [4.69, 9.17) is 11.6 Å². The molecular weight excluding hydrogens is 328 g/mol. The van der Waals surface area contributed by atoms with Crippen LogP contribution in [0.1, 0.15) is 5.82 Å². The molecule has 98 valence electrons. The Bertz CT molecular complexity index is 731. The van der Waals surface area contributed by atoms with Gasteiger partial charge in [-0.15, -0.1) is 11.6 Å². The first-order valence-corrected chi connectivity index (χ1v) is 7.23. The van der Waals surface area contributed by atoms with Gasteiger partial charge in [-0.3, -0.25) is 9.25 Å². The monoisotopic (exact) mass is 338 g/mol. The number of rotatable bonds is 3. The van der Waals surface area contributed by atoms with Crippen LogP contribution in [0.4, 0.5) is 0 Å². The Balaban J connectivity index is 2.27. The van der Waals surface area contributed by atoms with Crippen LogP contribution in [-0.2, 0) is 13.5 Å². The molecule has 0 saturated carbocycles. The summed E-state index contributed by atoms with van der Waals surface area (Å²) in [5, 5.41) is 4.22. The highest BCUT2D eigenvalue weighted by Crippen LogP contribution is 2.24. The minimum absolute atomic E-state index is 0.546. The number of alkyl halides is 1. The molecule has 1 aromatic carbocycles. The van der Waals surface area contributed by atoms with E-state index in [0.29, 0.717) is 5.88 Å². The van der Waals surface area contributed by atoms with Crippen molar-refractivity contribution in [2.24, 2.45) is 7.05 Å². The topological polar surface area (TPSA) is 35.6 Å². The van der Waals surface area contributed by atoms with Crippen molar-refractivity contribution in [1.82, 2.24) is 19.3 Å². The molecule has 0 aliphatic rings. The number of halogens is 2. The van der Waals surface area contributed by atoms with Crippen LogP contribution in [0.2, 0.25) is 0 Å². The molecular formula is C13H12BrClN4. The number of aromatic nitrogens is 4. The molecule has 0 N–H and O–H groups in total. The highest BCUT2D eigenvalue weighted by molar-refractivity contribution is 9.10. The molecule has 6 heteroatoms. The highest BCUT2D eigenvalue weighted by atomic mass is 79.9. The molecule has 0 saturated heterocycles. The summed E-state index contributed by atoms with van der Waals surface area (Å²) < 4.78 is 4.91. The molecule has 0 aliphatic carbocycles. The molecule has 0 radical (unpaired) electrons. The SMILES string of the molecule is Cn1cc(-n2c(CCCl)nc3cc(Br)ccc32)cn1. The van der Waals surface area contributed by atoms with E-state index in [1.165, 1.54) is 0 Å². The van der Waals surface area contributed by atoms with Gasteiger partial charge in [0.05, 0.1) is 22.9 Å². The van der Waals surface area contributed by atoms with Crippen molar-refractivity contribution in [2.45, 2.75) is 6.42 Å². The molecule has 0 atom stereocenters. The number of benzene rings is 1. The standard InChI is InChI=1S/C13H12BrClN4/c1-18-8-10(7-16-18)19-12-3-2-9(14)6-11(12)17-13(19)4-5-15/h2-3,6-8H,4-5H2,1H3. The molecule has 4 nitrogen and oxygen atoms in total. The number of aryl methyl sites for hydroxylation is 2. The van der Waals surface area contributed by atoms with Crippen molar-refractivity contribution in [3.8, 4) is 5.69 Å². The second-order valence-corrected chi connectivity index (χ2v) is 5.60. The zero-order valence-corrected chi connectivity index (χ0v) is 12.7. The third-order valence-corrected chi connectivity index (χ3v) is 3.64. The average Bonchev–Trinajstić information content (AvgIpc) is 2.92. The van der Waals surface area contributed by atoms with Crippen LogP contribution in [0.5, 0.6) is 0 Å². The summed E-state index contributed by atoms with van der Waals surface area (Å²) in [5.74, 6) is 1.50. The van der Waals surface area contributed by atoms with Crippen molar-refractivity contribution in [3.63, 3.8) is 0 Å². The summed E-state index contributed by atoms with van der Waals surface area (Å²) in [4.78, 5) is 4.66. The van der Waals surface area contributed by atoms with Crippen molar-refractivity contribution in [2.75, 3.05) is 5.88 Å². The van der Waals surface area contributed by atoms with E-state index in [0.717, 1.165) is 33.4 Å². The van der Waals surface area contributed by atoms with E-state index >= 15 is 0 Å². The molecule has 0 amide bonds. The Labute approximate surface area is 124 Å². The van der Waals surface area contributed by atoms with Gasteiger partial charge in [0, 0.05) is 30.0 Å². The maximum Gasteiger partial charge on any atom is 0.115 e. The Kier molecular flexibility index (Phi) is 3.33. The molecule has 0 unspecified atom stereocenters. The van der Waals surface area contributed by atoms with Crippen molar-refractivity contribution in [1.29, 1.82) is 0 Å². The third-order valence-electron chi connectivity index (χ3n) is 2.95. The predicted molar refractivity (Wildman–Crippen MR) is 80.0 cm³/mol. The maximum atomic E-state index is 5.88. The molecule has 19 heavy (non-hydrogen) atoms. The number of hydrogen-bond donors (Lipinski definition) is 0. The first-order valence-electron chi connectivity index (χ1n) is 5.91. The average molecular weight is 340 g/mol. The molecule has 3 aromatic rings. The zero-order chi connectivity index (χ0) is 13.4. The predicted octanol–water partition coefficient (Wildman–Crippen LogP) is 3.30. The lowest BCUT2D eigenvalue weighted by atomic mass is 10.3. The molecule has 0 bridgehead atoms. The van der Waals surface area contributed by atoms with Gasteiger partial charge < -0.3 is 0 Å². The fourth-order valence-corrected chi connectivity index (χ4v) is 2.69. The van der Waals surface area contributed by atoms with Gasteiger partial charge in [0.1, 0.15) is 5.82 Å². The van der Waals surface area contributed by atoms with Crippen molar-refractivity contribution in [3.05, 3.63) is 40.9 Å². The lowest BCUT2D eigenvalue weighted by Gasteiger charge is -2.05. The van der Waals surface area contributed by atoms with E-state index in [2.05, 4.69) is 36.6 Å². The normalized spacial score (nSPS) is 11.3. The quantitative estimate of drug-likeness (QED) is 0.686. The van der Waals surface area contributed by atoms with Gasteiger partial charge in [-0.05, 0) is 18.2 Å². The second-order valence-electron chi connectivity index (χ2n) is 4.31. The van der Waals surface area contributed by atoms with E-state index in [-0.39, 0.29) is 0 Å². The Hall–Kier alpha value is -1.33. The lowest BCUT2D eigenvalue weighted by molar-refractivity contribution is 0.767. The van der Waals surface area contributed by atoms with E-state index in [1.54, 1.807) is 4.68 Å². The zero-order valence-electron chi connectivity index (χ0n) is 10.3. The Morgan fingerprint density at radius 2 is 2.21 bits per heavy atom. The van der Waals surface area contributed by atoms with Crippen molar-refractivity contribution < 1.29 is 0 Å². The van der Waals surface area contributed by atoms with Crippen molar-refractivity contribution >= 4 is 38.6 Å². The first kappa shape index (κ1) is 12.7. The van der Waals surface area contributed by atoms with Gasteiger partial charge in [0.2, 0.25) is 0 Å². The van der Waals surface area contributed by atoms with Gasteiger partial charge >= 0.3 is 0 Å². The van der Waals surface area contributed by atoms with Gasteiger partial charge in [0.15, 0.2) is 0 Å². The Morgan fingerprint density at radius 1 is 1.37 bits per heavy atom. The smallest absolute Gasteiger partial charge is 0.115 e. The summed E-state index contributed by atoms with van der Waals surface area (Å²) in [7, 11) is 1.90. The fourth-order valence-electron chi connectivity index (χ4n) is 2.17. The van der Waals surface area contributed by atoms with Gasteiger partial charge in [-0.2, -0.15) is 5.10 Å². The highest BCUT2D eigenvalue weighted by Gasteiger charge is 2.13. The van der Waals surface area contributed by atoms with E-state index in [9.17, 15) is 0 Å². The molecule has 0 aliphatic heterocycles. The summed E-state index contributed by atoms with van der Waals surface area (Å²) in [6.45, 7) is 0. The van der Waals surface area contributed by atoms with Gasteiger partial charge in [-0.1, -0.05) is 15.9 Å². The number of fused-ring (bicyclic) bond motifs is 1. The Morgan fingerprint density at radius 3 is 2.89 bits per heavy atom. The number of nitrogens with zero attached hydrogens (tertiary/aromatic N) is 4. The maximum absolute atomic E-state index is 5.88. The summed E-state index contributed by atoms with van der Waals surface area (Å²) in [6.07, 6.45) is 4.53. The second kappa shape index (κ2) is 4.98. The summed E-state index contributed by atoms with van der Waals surface area (Å²) in [5.41, 5.74) is 3.03. The van der Waals surface area contributed by atoms with E-state index in [1.807, 2.05) is 31.6 Å². The summed E-state index contributed by atoms with van der Waals surface area (Å²) in [6, 6.07) is 6.08. The largest absolute Gasteiger partial charge is 0.293 e. The lowest BCUT2D eigenvalue weighted by Crippen LogP contribution is -2.01. The van der Waals surface area contributed by atoms with Crippen LogP contribution >= 0.6 is 27.5 Å². The van der Waals surface area contributed by atoms with E-state index < -0.39 is 0 Å². The molecule has 3 rings (SSSR count). The van der Waals surface area contributed by atoms with Crippen LogP contribution in [0, 0.1) is 0 Å². The first-order chi connectivity index (χ1) is 9.19. The number of hydrogen-bond acceptors (Lipinski definition) is 2. The van der Waals surface area contributed by atoms with Crippen LogP contribution in [-0.4, -0.2) is 25.2 Å². The van der Waals surface area contributed by atoms with Crippen LogP contribution < -0.4 is 0 Å². The molecule has 0 fully saturated rings. The minimum Gasteiger partial charge on any atom is -0.293 e. The van der Waals surface area contributed by atoms with Gasteiger partial charge in [-0.25, -0.2) is 4.98 Å². The van der Waals surface area contributed by atoms with Crippen LogP contribution in [0.15, 0.2) is 35.1 Å². The van der Waals surface area contributed by atoms with Crippen LogP contribution in [0.25, 0.3) is 16.7 Å². The molecule has 2 heterocycles.